The number of fused-ring (bicyclic) bond motifs is 1. The van der Waals surface area contributed by atoms with Crippen LogP contribution in [0.4, 0.5) is 0 Å². The molecule has 1 unspecified atom stereocenters. The van der Waals surface area contributed by atoms with Crippen molar-refractivity contribution < 1.29 is 54.1 Å². The van der Waals surface area contributed by atoms with Gasteiger partial charge in [-0.25, -0.2) is 0 Å². The van der Waals surface area contributed by atoms with Gasteiger partial charge < -0.3 is 19.7 Å². The van der Waals surface area contributed by atoms with Crippen LogP contribution in [-0.4, -0.2) is 46.1 Å². The maximum Gasteiger partial charge on any atom is 1.00 e. The molecule has 0 spiro atoms. The van der Waals surface area contributed by atoms with Crippen LogP contribution in [0.5, 0.6) is 0 Å². The fourth-order valence-electron chi connectivity index (χ4n) is 2.81. The third-order valence-electron chi connectivity index (χ3n) is 3.74. The number of thioether (sulfide) groups is 1. The van der Waals surface area contributed by atoms with Gasteiger partial charge in [-0.3, -0.25) is 9.69 Å². The van der Waals surface area contributed by atoms with E-state index in [1.54, 1.807) is 6.92 Å². The van der Waals surface area contributed by atoms with Crippen molar-refractivity contribution in [2.24, 2.45) is 5.92 Å². The Balaban J connectivity index is 0.00000147. The van der Waals surface area contributed by atoms with Crippen molar-refractivity contribution in [3.05, 3.63) is 10.6 Å². The zero-order valence-corrected chi connectivity index (χ0v) is 14.2. The van der Waals surface area contributed by atoms with E-state index in [1.165, 1.54) is 16.7 Å². The van der Waals surface area contributed by atoms with Crippen molar-refractivity contribution in [1.82, 2.24) is 4.90 Å². The summed E-state index contributed by atoms with van der Waals surface area (Å²) in [5.41, 5.74) is -0.0659. The van der Waals surface area contributed by atoms with Crippen LogP contribution < -0.4 is 34.7 Å². The summed E-state index contributed by atoms with van der Waals surface area (Å²) >= 11 is 1.31. The summed E-state index contributed by atoms with van der Waals surface area (Å²) in [5.74, 6) is -2.24. The van der Waals surface area contributed by atoms with Gasteiger partial charge in [0.25, 0.3) is 0 Å². The van der Waals surface area contributed by atoms with Crippen LogP contribution in [0.3, 0.4) is 0 Å². The van der Waals surface area contributed by atoms with Gasteiger partial charge in [0.05, 0.1) is 29.8 Å². The third kappa shape index (κ3) is 2.34. The summed E-state index contributed by atoms with van der Waals surface area (Å²) in [6.07, 6.45) is 0.597. The maximum absolute atomic E-state index is 11.9. The molecule has 3 aliphatic heterocycles. The van der Waals surface area contributed by atoms with E-state index in [0.717, 1.165) is 12.8 Å². The predicted molar refractivity (Wildman–Crippen MR) is 64.4 cm³/mol. The quantitative estimate of drug-likeness (QED) is 0.423. The molecule has 2 fully saturated rings. The van der Waals surface area contributed by atoms with Crippen LogP contribution in [-0.2, 0) is 14.3 Å². The Morgan fingerprint density at radius 2 is 2.30 bits per heavy atom. The van der Waals surface area contributed by atoms with E-state index in [2.05, 4.69) is 0 Å². The van der Waals surface area contributed by atoms with E-state index in [4.69, 9.17) is 4.74 Å². The van der Waals surface area contributed by atoms with Gasteiger partial charge >= 0.3 is 29.6 Å². The molecule has 8 heteroatoms. The summed E-state index contributed by atoms with van der Waals surface area (Å²) in [5, 5.41) is 20.5. The molecule has 0 aliphatic carbocycles. The van der Waals surface area contributed by atoms with Crippen molar-refractivity contribution in [2.45, 2.75) is 37.3 Å². The SMILES string of the molecule is C[C@H](O)C1C(=O)N2C(C(=O)[O-])=C([C@H]3CCCO3)S[C@@H]12.[Na+]. The van der Waals surface area contributed by atoms with E-state index >= 15 is 0 Å². The standard InChI is InChI=1S/C12H15NO5S.Na/c1-5(14)7-10(15)13-8(12(16)17)9(19-11(7)13)6-3-2-4-18-6;/h5-7,11,14H,2-4H2,1H3,(H,16,17);/q;+1/p-1/t5-,6+,7?,11-;/m0./s1. The second-order valence-corrected chi connectivity index (χ2v) is 6.14. The van der Waals surface area contributed by atoms with Gasteiger partial charge in [-0.1, -0.05) is 11.8 Å². The second-order valence-electron chi connectivity index (χ2n) is 4.99. The van der Waals surface area contributed by atoms with E-state index < -0.39 is 18.0 Å². The molecule has 0 bridgehead atoms. The number of rotatable bonds is 3. The summed E-state index contributed by atoms with van der Waals surface area (Å²) in [4.78, 5) is 25.0. The van der Waals surface area contributed by atoms with Gasteiger partial charge in [0.2, 0.25) is 5.91 Å². The Morgan fingerprint density at radius 3 is 2.80 bits per heavy atom. The van der Waals surface area contributed by atoms with Gasteiger partial charge in [0.1, 0.15) is 5.37 Å². The molecule has 3 rings (SSSR count). The second kappa shape index (κ2) is 5.98. The number of amides is 1. The number of hydrogen-bond acceptors (Lipinski definition) is 6. The number of β-lactam (4-membered cyclic amide) rings is 1. The van der Waals surface area contributed by atoms with Crippen molar-refractivity contribution in [1.29, 1.82) is 0 Å². The number of ether oxygens (including phenoxy) is 1. The Hall–Kier alpha value is -0.0500. The van der Waals surface area contributed by atoms with E-state index in [1.807, 2.05) is 0 Å². The average molecular weight is 307 g/mol. The van der Waals surface area contributed by atoms with Crippen molar-refractivity contribution in [3.63, 3.8) is 0 Å². The minimum absolute atomic E-state index is 0. The first kappa shape index (κ1) is 16.3. The molecule has 4 atom stereocenters. The first-order valence-electron chi connectivity index (χ1n) is 6.27. The molecule has 1 amide bonds. The molecular weight excluding hydrogens is 293 g/mol. The first-order chi connectivity index (χ1) is 9.02. The Labute approximate surface area is 142 Å². The van der Waals surface area contributed by atoms with Crippen molar-refractivity contribution in [2.75, 3.05) is 6.61 Å². The van der Waals surface area contributed by atoms with Crippen LogP contribution >= 0.6 is 11.8 Å². The molecule has 2 saturated heterocycles. The molecule has 6 nitrogen and oxygen atoms in total. The maximum atomic E-state index is 11.9. The smallest absolute Gasteiger partial charge is 0.543 e. The molecule has 0 aromatic carbocycles. The van der Waals surface area contributed by atoms with Crippen molar-refractivity contribution >= 4 is 23.6 Å². The Morgan fingerprint density at radius 1 is 1.60 bits per heavy atom. The number of hydrogen-bond donors (Lipinski definition) is 1. The summed E-state index contributed by atoms with van der Waals surface area (Å²) in [6.45, 7) is 2.15. The Bertz CT molecular complexity index is 474. The van der Waals surface area contributed by atoms with Crippen molar-refractivity contribution in [3.8, 4) is 0 Å². The number of aliphatic hydroxyl groups is 1. The summed E-state index contributed by atoms with van der Waals surface area (Å²) in [7, 11) is 0. The molecule has 3 aliphatic rings. The average Bonchev–Trinajstić information content (AvgIpc) is 2.92. The molecule has 104 valence electrons. The molecule has 3 heterocycles. The molecule has 0 saturated carbocycles. The summed E-state index contributed by atoms with van der Waals surface area (Å²) in [6, 6.07) is 0. The van der Waals surface area contributed by atoms with Crippen LogP contribution in [0.15, 0.2) is 10.6 Å². The minimum atomic E-state index is -1.35. The molecule has 0 aromatic heterocycles. The number of aliphatic carboxylic acids is 1. The molecular formula is C12H14NNaO5S. The number of carboxylic acid groups (broad SMARTS) is 1. The zero-order chi connectivity index (χ0) is 13.7. The predicted octanol–water partition coefficient (Wildman–Crippen LogP) is -3.96. The fourth-order valence-corrected chi connectivity index (χ4v) is 4.51. The van der Waals surface area contributed by atoms with Gasteiger partial charge in [0.15, 0.2) is 0 Å². The van der Waals surface area contributed by atoms with Gasteiger partial charge in [-0.15, -0.1) is 0 Å². The van der Waals surface area contributed by atoms with E-state index in [0.29, 0.717) is 11.5 Å². The van der Waals surface area contributed by atoms with Crippen LogP contribution in [0.1, 0.15) is 19.8 Å². The van der Waals surface area contributed by atoms with Gasteiger partial charge in [-0.2, -0.15) is 0 Å². The molecule has 0 radical (unpaired) electrons. The number of nitrogens with zero attached hydrogens (tertiary/aromatic N) is 1. The Kier molecular flexibility index (Phi) is 4.88. The zero-order valence-electron chi connectivity index (χ0n) is 11.4. The number of aliphatic hydroxyl groups excluding tert-OH is 1. The van der Waals surface area contributed by atoms with E-state index in [-0.39, 0.29) is 52.6 Å². The monoisotopic (exact) mass is 307 g/mol. The van der Waals surface area contributed by atoms with Crippen LogP contribution in [0, 0.1) is 5.92 Å². The minimum Gasteiger partial charge on any atom is -0.543 e. The summed E-state index contributed by atoms with van der Waals surface area (Å²) < 4.78 is 5.50. The first-order valence-corrected chi connectivity index (χ1v) is 7.15. The number of carbonyl (C=O) groups excluding carboxylic acids is 2. The van der Waals surface area contributed by atoms with E-state index in [9.17, 15) is 19.8 Å². The molecule has 1 N–H and O–H groups in total. The van der Waals surface area contributed by atoms with Crippen LogP contribution in [0.25, 0.3) is 0 Å². The third-order valence-corrected chi connectivity index (χ3v) is 5.20. The number of carbonyl (C=O) groups is 2. The van der Waals surface area contributed by atoms with Crippen LogP contribution in [0.2, 0.25) is 0 Å². The number of carboxylic acids is 1. The van der Waals surface area contributed by atoms with Gasteiger partial charge in [0, 0.05) is 11.5 Å². The fraction of sp³-hybridized carbons (Fsp3) is 0.667. The largest absolute Gasteiger partial charge is 1.00 e. The molecule has 20 heavy (non-hydrogen) atoms. The topological polar surface area (TPSA) is 89.9 Å². The normalized spacial score (nSPS) is 33.6. The van der Waals surface area contributed by atoms with Gasteiger partial charge in [-0.05, 0) is 19.8 Å². The molecule has 0 aromatic rings.